The second kappa shape index (κ2) is 2.34. The van der Waals surface area contributed by atoms with Crippen LogP contribution in [0.1, 0.15) is 10.4 Å². The maximum Gasteiger partial charge on any atom is 0.337 e. The number of nitrogens with one attached hydrogen (secondary N) is 1. The van der Waals surface area contributed by atoms with Crippen molar-refractivity contribution in [3.8, 4) is 0 Å². The lowest BCUT2D eigenvalue weighted by molar-refractivity contribution is 0.0696. The van der Waals surface area contributed by atoms with Gasteiger partial charge < -0.3 is 10.1 Å². The molecule has 1 aromatic rings. The molecule has 0 unspecified atom stereocenters. The van der Waals surface area contributed by atoms with Gasteiger partial charge in [-0.3, -0.25) is 4.79 Å². The first-order valence-electron chi connectivity index (χ1n) is 2.62. The molecule has 0 aliphatic rings. The van der Waals surface area contributed by atoms with Gasteiger partial charge in [0.25, 0.3) is 0 Å². The summed E-state index contributed by atoms with van der Waals surface area (Å²) in [7, 11) is 0. The molecule has 0 aromatic carbocycles. The van der Waals surface area contributed by atoms with Crippen LogP contribution in [0.2, 0.25) is 0 Å². The summed E-state index contributed by atoms with van der Waals surface area (Å²) in [5.74, 6) is -1.05. The van der Waals surface area contributed by atoms with E-state index in [1.807, 2.05) is 0 Å². The third kappa shape index (κ3) is 1.22. The van der Waals surface area contributed by atoms with Crippen molar-refractivity contribution in [1.82, 2.24) is 4.98 Å². The average Bonchev–Trinajstić information content (AvgIpc) is 1.88. The number of carboxylic acid groups (broad SMARTS) is 1. The highest BCUT2D eigenvalue weighted by Gasteiger charge is 1.98. The van der Waals surface area contributed by atoms with Crippen LogP contribution in [0.5, 0.6) is 0 Å². The zero-order valence-corrected chi connectivity index (χ0v) is 5.00. The molecule has 52 valence electrons. The Morgan fingerprint density at radius 3 is 2.60 bits per heavy atom. The van der Waals surface area contributed by atoms with E-state index >= 15 is 0 Å². The predicted octanol–water partition coefficient (Wildman–Crippen LogP) is 0.0731. The topological polar surface area (TPSA) is 70.2 Å². The van der Waals surface area contributed by atoms with Crippen LogP contribution in [-0.4, -0.2) is 16.1 Å². The lowest BCUT2D eigenvalue weighted by Crippen LogP contribution is -2.05. The van der Waals surface area contributed by atoms with E-state index in [-0.39, 0.29) is 11.1 Å². The maximum atomic E-state index is 10.4. The van der Waals surface area contributed by atoms with E-state index in [9.17, 15) is 9.59 Å². The van der Waals surface area contributed by atoms with Gasteiger partial charge in [-0.25, -0.2) is 4.79 Å². The van der Waals surface area contributed by atoms with Crippen LogP contribution in [0.15, 0.2) is 23.1 Å². The monoisotopic (exact) mass is 140 g/mol. The van der Waals surface area contributed by atoms with E-state index in [4.69, 9.17) is 5.11 Å². The molecule has 4 heteroatoms. The number of H-pyrrole nitrogens is 1. The smallest absolute Gasteiger partial charge is 0.337 e. The molecular weight excluding hydrogens is 135 g/mol. The Bertz CT molecular complexity index is 282. The van der Waals surface area contributed by atoms with Crippen molar-refractivity contribution in [3.63, 3.8) is 0 Å². The summed E-state index contributed by atoms with van der Waals surface area (Å²) in [5.41, 5.74) is -0.218. The molecular formula is C6H5NO3. The van der Waals surface area contributed by atoms with Crippen molar-refractivity contribution in [2.75, 3.05) is 0 Å². The van der Waals surface area contributed by atoms with Gasteiger partial charge in [0, 0.05) is 12.3 Å². The quantitative estimate of drug-likeness (QED) is 0.580. The highest BCUT2D eigenvalue weighted by atomic mass is 16.4. The number of aromatic nitrogens is 1. The molecule has 4 nitrogen and oxygen atoms in total. The fourth-order valence-corrected chi connectivity index (χ4v) is 0.544. The van der Waals surface area contributed by atoms with Gasteiger partial charge in [0.1, 0.15) is 0 Å². The molecule has 0 saturated heterocycles. The molecule has 10 heavy (non-hydrogen) atoms. The molecule has 0 atom stereocenters. The van der Waals surface area contributed by atoms with Crippen LogP contribution in [0.25, 0.3) is 0 Å². The fraction of sp³-hybridized carbons (Fsp3) is 0. The molecule has 1 rings (SSSR count). The molecule has 1 heterocycles. The number of hydrogen-bond acceptors (Lipinski definition) is 2. The summed E-state index contributed by atoms with van der Waals surface area (Å²) >= 11 is 0. The summed E-state index contributed by atoms with van der Waals surface area (Å²) in [4.78, 5) is 22.8. The molecule has 0 aliphatic heterocycles. The van der Waals surface area contributed by atoms with E-state index in [0.29, 0.717) is 0 Å². The Morgan fingerprint density at radius 2 is 2.20 bits per heavy atom. The number of hydrogen-bond donors (Lipinski definition) is 2. The SMILES string of the molecule is O=C(O)c1ccc(=O)[15nH]c1. The fourth-order valence-electron chi connectivity index (χ4n) is 0.544. The van der Waals surface area contributed by atoms with Crippen molar-refractivity contribution in [2.24, 2.45) is 0 Å². The first-order valence-corrected chi connectivity index (χ1v) is 2.62. The molecule has 0 radical (unpaired) electrons. The van der Waals surface area contributed by atoms with Crippen LogP contribution in [0.4, 0.5) is 0 Å². The Kier molecular flexibility index (Phi) is 1.53. The Labute approximate surface area is 56.1 Å². The Balaban J connectivity index is 3.12. The molecule has 0 spiro atoms. The van der Waals surface area contributed by atoms with Gasteiger partial charge in [-0.1, -0.05) is 0 Å². The second-order valence-corrected chi connectivity index (χ2v) is 1.75. The lowest BCUT2D eigenvalue weighted by Gasteiger charge is -1.88. The minimum atomic E-state index is -1.05. The van der Waals surface area contributed by atoms with Crippen molar-refractivity contribution < 1.29 is 9.90 Å². The van der Waals surface area contributed by atoms with Gasteiger partial charge in [0.05, 0.1) is 5.56 Å². The highest BCUT2D eigenvalue weighted by Crippen LogP contribution is 1.90. The molecule has 0 bridgehead atoms. The number of carbonyl (C=O) groups is 1. The minimum Gasteiger partial charge on any atom is -0.478 e. The Morgan fingerprint density at radius 1 is 1.50 bits per heavy atom. The number of rotatable bonds is 1. The van der Waals surface area contributed by atoms with E-state index < -0.39 is 5.97 Å². The number of aromatic amines is 1. The van der Waals surface area contributed by atoms with Crippen LogP contribution in [0.3, 0.4) is 0 Å². The van der Waals surface area contributed by atoms with Crippen LogP contribution < -0.4 is 5.56 Å². The van der Waals surface area contributed by atoms with Gasteiger partial charge in [-0.15, -0.1) is 0 Å². The molecule has 0 aliphatic carbocycles. The largest absolute Gasteiger partial charge is 0.478 e. The number of carboxylic acids is 1. The molecule has 0 amide bonds. The third-order valence-electron chi connectivity index (χ3n) is 1.03. The molecule has 1 aromatic heterocycles. The summed E-state index contributed by atoms with van der Waals surface area (Å²) < 4.78 is 0. The summed E-state index contributed by atoms with van der Waals surface area (Å²) in [6.07, 6.45) is 1.16. The van der Waals surface area contributed by atoms with E-state index in [2.05, 4.69) is 4.98 Å². The summed E-state index contributed by atoms with van der Waals surface area (Å²) in [5, 5.41) is 8.35. The van der Waals surface area contributed by atoms with E-state index in [1.165, 1.54) is 12.1 Å². The summed E-state index contributed by atoms with van der Waals surface area (Å²) in [6, 6.07) is 2.42. The van der Waals surface area contributed by atoms with Crippen molar-refractivity contribution in [3.05, 3.63) is 34.2 Å². The average molecular weight is 140 g/mol. The lowest BCUT2D eigenvalue weighted by atomic mass is 10.3. The summed E-state index contributed by atoms with van der Waals surface area (Å²) in [6.45, 7) is 0. The molecule has 0 saturated carbocycles. The molecule has 2 N–H and O–H groups in total. The van der Waals surface area contributed by atoms with Crippen molar-refractivity contribution >= 4 is 5.97 Å². The standard InChI is InChI=1S/C6H5NO3/c8-5-2-1-4(3-7-5)6(9)10/h1-3H,(H,7,8)(H,9,10)/i7+1. The van der Waals surface area contributed by atoms with Gasteiger partial charge in [0.2, 0.25) is 5.56 Å². The Hall–Kier alpha value is -1.58. The number of aromatic carboxylic acids is 1. The first kappa shape index (κ1) is 6.54. The predicted molar refractivity (Wildman–Crippen MR) is 34.0 cm³/mol. The zero-order chi connectivity index (χ0) is 7.56. The van der Waals surface area contributed by atoms with Crippen LogP contribution in [0, 0.1) is 0 Å². The minimum absolute atomic E-state index is 0.0830. The second-order valence-electron chi connectivity index (χ2n) is 1.75. The zero-order valence-electron chi connectivity index (χ0n) is 5.00. The van der Waals surface area contributed by atoms with Gasteiger partial charge in [-0.05, 0) is 6.07 Å². The highest BCUT2D eigenvalue weighted by molar-refractivity contribution is 5.86. The van der Waals surface area contributed by atoms with E-state index in [0.717, 1.165) is 6.20 Å². The third-order valence-corrected chi connectivity index (χ3v) is 1.03. The maximum absolute atomic E-state index is 10.4. The number of pyridine rings is 1. The first-order chi connectivity index (χ1) is 4.70. The van der Waals surface area contributed by atoms with Gasteiger partial charge in [-0.2, -0.15) is 0 Å². The normalized spacial score (nSPS) is 9.20. The van der Waals surface area contributed by atoms with Crippen LogP contribution in [-0.2, 0) is 0 Å². The molecule has 0 fully saturated rings. The van der Waals surface area contributed by atoms with Crippen LogP contribution >= 0.6 is 0 Å². The van der Waals surface area contributed by atoms with Crippen molar-refractivity contribution in [1.29, 1.82) is 0 Å². The van der Waals surface area contributed by atoms with Gasteiger partial charge in [0.15, 0.2) is 0 Å². The van der Waals surface area contributed by atoms with Gasteiger partial charge >= 0.3 is 5.97 Å². The van der Waals surface area contributed by atoms with E-state index in [1.54, 1.807) is 0 Å². The van der Waals surface area contributed by atoms with Crippen molar-refractivity contribution in [2.45, 2.75) is 0 Å².